The van der Waals surface area contributed by atoms with Gasteiger partial charge in [0.1, 0.15) is 0 Å². The summed E-state index contributed by atoms with van der Waals surface area (Å²) >= 11 is 0. The zero-order valence-electron chi connectivity index (χ0n) is 11.8. The van der Waals surface area contributed by atoms with E-state index in [4.69, 9.17) is 5.11 Å². The van der Waals surface area contributed by atoms with E-state index < -0.39 is 0 Å². The number of rotatable bonds is 8. The van der Waals surface area contributed by atoms with E-state index in [1.165, 1.54) is 11.1 Å². The zero-order valence-corrected chi connectivity index (χ0v) is 11.8. The summed E-state index contributed by atoms with van der Waals surface area (Å²) in [6.07, 6.45) is 2.84. The lowest BCUT2D eigenvalue weighted by Gasteiger charge is -2.19. The van der Waals surface area contributed by atoms with Crippen LogP contribution in [0.5, 0.6) is 0 Å². The second kappa shape index (κ2) is 8.51. The van der Waals surface area contributed by atoms with Crippen LogP contribution in [0.25, 0.3) is 0 Å². The molecule has 0 aliphatic heterocycles. The van der Waals surface area contributed by atoms with Gasteiger partial charge in [0.05, 0.1) is 0 Å². The molecule has 0 aliphatic rings. The molecule has 2 aromatic carbocycles. The van der Waals surface area contributed by atoms with Gasteiger partial charge in [-0.1, -0.05) is 60.7 Å². The minimum atomic E-state index is 0.246. The lowest BCUT2D eigenvalue weighted by molar-refractivity contribution is 0.283. The molecule has 2 aromatic rings. The zero-order chi connectivity index (χ0) is 14.0. The first-order chi connectivity index (χ1) is 9.88. The Labute approximate surface area is 121 Å². The molecule has 20 heavy (non-hydrogen) atoms. The predicted molar refractivity (Wildman–Crippen MR) is 83.8 cm³/mol. The first kappa shape index (κ1) is 14.8. The van der Waals surface area contributed by atoms with Crippen molar-refractivity contribution in [3.8, 4) is 0 Å². The van der Waals surface area contributed by atoms with Gasteiger partial charge in [-0.2, -0.15) is 0 Å². The van der Waals surface area contributed by atoms with Gasteiger partial charge in [-0.05, 0) is 36.9 Å². The van der Waals surface area contributed by atoms with Crippen molar-refractivity contribution < 1.29 is 5.11 Å². The van der Waals surface area contributed by atoms with Crippen molar-refractivity contribution in [1.82, 2.24) is 5.32 Å². The molecule has 0 unspecified atom stereocenters. The third-order valence-corrected chi connectivity index (χ3v) is 3.42. The Morgan fingerprint density at radius 1 is 0.800 bits per heavy atom. The largest absolute Gasteiger partial charge is 0.396 e. The summed E-state index contributed by atoms with van der Waals surface area (Å²) in [5, 5.41) is 12.5. The normalized spacial score (nSPS) is 10.9. The van der Waals surface area contributed by atoms with Crippen LogP contribution in [0.2, 0.25) is 0 Å². The van der Waals surface area contributed by atoms with Crippen molar-refractivity contribution in [1.29, 1.82) is 0 Å². The Balaban J connectivity index is 1.96. The third kappa shape index (κ3) is 5.16. The molecule has 0 bridgehead atoms. The number of hydrogen-bond donors (Lipinski definition) is 2. The fourth-order valence-corrected chi connectivity index (χ4v) is 2.40. The molecular weight excluding hydrogens is 246 g/mol. The van der Waals surface area contributed by atoms with Gasteiger partial charge >= 0.3 is 0 Å². The summed E-state index contributed by atoms with van der Waals surface area (Å²) in [6.45, 7) is 1.11. The van der Waals surface area contributed by atoms with Crippen LogP contribution < -0.4 is 5.32 Å². The van der Waals surface area contributed by atoms with Crippen LogP contribution in [0.3, 0.4) is 0 Å². The van der Waals surface area contributed by atoms with Gasteiger partial charge < -0.3 is 10.4 Å². The highest BCUT2D eigenvalue weighted by Gasteiger charge is 2.09. The smallest absolute Gasteiger partial charge is 0.0443 e. The number of nitrogens with one attached hydrogen (secondary N) is 1. The van der Waals surface area contributed by atoms with Gasteiger partial charge in [-0.25, -0.2) is 0 Å². The van der Waals surface area contributed by atoms with Crippen LogP contribution >= 0.6 is 0 Å². The van der Waals surface area contributed by atoms with E-state index in [0.717, 1.165) is 25.8 Å². The molecule has 0 saturated carbocycles. The van der Waals surface area contributed by atoms with E-state index >= 15 is 0 Å². The van der Waals surface area contributed by atoms with E-state index in [2.05, 4.69) is 66.0 Å². The second-order valence-electron chi connectivity index (χ2n) is 5.11. The fourth-order valence-electron chi connectivity index (χ4n) is 2.40. The summed E-state index contributed by atoms with van der Waals surface area (Å²) in [7, 11) is 0. The number of benzene rings is 2. The lowest BCUT2D eigenvalue weighted by Crippen LogP contribution is -2.34. The molecule has 0 radical (unpaired) electrons. The standard InChI is InChI=1S/C18H23NO/c20-13-7-12-19-18(14-16-8-3-1-4-9-16)15-17-10-5-2-6-11-17/h1-6,8-11,18-20H,7,12-15H2. The highest BCUT2D eigenvalue weighted by molar-refractivity contribution is 5.19. The molecule has 2 heteroatoms. The maximum Gasteiger partial charge on any atom is 0.0443 e. The van der Waals surface area contributed by atoms with Gasteiger partial charge in [0, 0.05) is 12.6 Å². The summed E-state index contributed by atoms with van der Waals surface area (Å²) in [5.41, 5.74) is 2.70. The number of hydrogen-bond acceptors (Lipinski definition) is 2. The molecule has 0 atom stereocenters. The van der Waals surface area contributed by atoms with Crippen LogP contribution in [0.15, 0.2) is 60.7 Å². The molecule has 0 fully saturated rings. The fraction of sp³-hybridized carbons (Fsp3) is 0.333. The van der Waals surface area contributed by atoms with Crippen molar-refractivity contribution in [3.05, 3.63) is 71.8 Å². The van der Waals surface area contributed by atoms with E-state index in [-0.39, 0.29) is 6.61 Å². The Morgan fingerprint density at radius 3 is 1.75 bits per heavy atom. The van der Waals surface area contributed by atoms with Crippen molar-refractivity contribution in [3.63, 3.8) is 0 Å². The van der Waals surface area contributed by atoms with Gasteiger partial charge in [-0.3, -0.25) is 0 Å². The maximum atomic E-state index is 8.92. The molecule has 0 saturated heterocycles. The van der Waals surface area contributed by atoms with Gasteiger partial charge in [0.2, 0.25) is 0 Å². The van der Waals surface area contributed by atoms with Crippen molar-refractivity contribution in [2.45, 2.75) is 25.3 Å². The minimum absolute atomic E-state index is 0.246. The van der Waals surface area contributed by atoms with Gasteiger partial charge in [0.25, 0.3) is 0 Å². The Kier molecular flexibility index (Phi) is 6.28. The van der Waals surface area contributed by atoms with E-state index in [1.807, 2.05) is 0 Å². The first-order valence-electron chi connectivity index (χ1n) is 7.30. The van der Waals surface area contributed by atoms with E-state index in [0.29, 0.717) is 6.04 Å². The van der Waals surface area contributed by atoms with Crippen LogP contribution in [0.1, 0.15) is 17.5 Å². The highest BCUT2D eigenvalue weighted by atomic mass is 16.3. The van der Waals surface area contributed by atoms with Crippen molar-refractivity contribution in [2.75, 3.05) is 13.2 Å². The Hall–Kier alpha value is -1.64. The summed E-state index contributed by atoms with van der Waals surface area (Å²) in [5.74, 6) is 0. The summed E-state index contributed by atoms with van der Waals surface area (Å²) < 4.78 is 0. The first-order valence-corrected chi connectivity index (χ1v) is 7.30. The third-order valence-electron chi connectivity index (χ3n) is 3.42. The van der Waals surface area contributed by atoms with Gasteiger partial charge in [0.15, 0.2) is 0 Å². The quantitative estimate of drug-likeness (QED) is 0.722. The average Bonchev–Trinajstić information content (AvgIpc) is 2.49. The molecule has 2 N–H and O–H groups in total. The Bertz CT molecular complexity index is 428. The summed E-state index contributed by atoms with van der Waals surface area (Å²) in [6, 6.07) is 21.5. The van der Waals surface area contributed by atoms with Crippen LogP contribution in [0, 0.1) is 0 Å². The SMILES string of the molecule is OCCCNC(Cc1ccccc1)Cc1ccccc1. The van der Waals surface area contributed by atoms with Crippen LogP contribution in [-0.4, -0.2) is 24.3 Å². The Morgan fingerprint density at radius 2 is 1.30 bits per heavy atom. The molecule has 0 heterocycles. The lowest BCUT2D eigenvalue weighted by atomic mass is 9.99. The molecule has 0 aromatic heterocycles. The molecular formula is C18H23NO. The predicted octanol–water partition coefficient (Wildman–Crippen LogP) is 2.81. The minimum Gasteiger partial charge on any atom is -0.396 e. The van der Waals surface area contributed by atoms with Gasteiger partial charge in [-0.15, -0.1) is 0 Å². The molecule has 0 spiro atoms. The monoisotopic (exact) mass is 269 g/mol. The molecule has 2 nitrogen and oxygen atoms in total. The topological polar surface area (TPSA) is 32.3 Å². The summed E-state index contributed by atoms with van der Waals surface area (Å²) in [4.78, 5) is 0. The van der Waals surface area contributed by atoms with E-state index in [1.54, 1.807) is 0 Å². The number of aliphatic hydroxyl groups is 1. The number of aliphatic hydroxyl groups excluding tert-OH is 1. The maximum absolute atomic E-state index is 8.92. The highest BCUT2D eigenvalue weighted by Crippen LogP contribution is 2.09. The molecule has 2 rings (SSSR count). The van der Waals surface area contributed by atoms with E-state index in [9.17, 15) is 0 Å². The second-order valence-corrected chi connectivity index (χ2v) is 5.11. The van der Waals surface area contributed by atoms with Crippen LogP contribution in [0.4, 0.5) is 0 Å². The molecule has 106 valence electrons. The van der Waals surface area contributed by atoms with Crippen molar-refractivity contribution >= 4 is 0 Å². The molecule has 0 aliphatic carbocycles. The average molecular weight is 269 g/mol. The van der Waals surface area contributed by atoms with Crippen LogP contribution in [-0.2, 0) is 12.8 Å². The van der Waals surface area contributed by atoms with Crippen molar-refractivity contribution in [2.24, 2.45) is 0 Å². The molecule has 0 amide bonds.